The molecule has 17 heteroatoms. The van der Waals surface area contributed by atoms with Crippen LogP contribution in [0.3, 0.4) is 0 Å². The molecule has 1 atom stereocenters. The third kappa shape index (κ3) is 21.4. The molecule has 0 spiro atoms. The molecule has 0 bridgehead atoms. The van der Waals surface area contributed by atoms with Gasteiger partial charge in [0.2, 0.25) is 0 Å². The van der Waals surface area contributed by atoms with Crippen LogP contribution in [0.4, 0.5) is 5.69 Å². The van der Waals surface area contributed by atoms with Crippen LogP contribution < -0.4 is 43.5 Å². The van der Waals surface area contributed by atoms with E-state index >= 15 is 0 Å². The number of anilines is 1. The van der Waals surface area contributed by atoms with Crippen LogP contribution in [0.15, 0.2) is 128 Å². The number of aliphatic hydroxyl groups excluding tert-OH is 1. The monoisotopic (exact) mass is 1200 g/mol. The zero-order valence-electron chi connectivity index (χ0n) is 40.2. The van der Waals surface area contributed by atoms with Crippen LogP contribution in [0.1, 0.15) is 56.9 Å². The molecule has 1 aliphatic heterocycles. The first kappa shape index (κ1) is 60.9. The maximum atomic E-state index is 12.1. The van der Waals surface area contributed by atoms with Gasteiger partial charge in [-0.15, -0.1) is 0 Å². The molecule has 5 rings (SSSR count). The second-order valence-electron chi connectivity index (χ2n) is 17.8. The summed E-state index contributed by atoms with van der Waals surface area (Å²) in [5.74, 6) is -3.06. The van der Waals surface area contributed by atoms with Crippen LogP contribution in [0, 0.1) is 39.9 Å². The van der Waals surface area contributed by atoms with Gasteiger partial charge in [0.15, 0.2) is 5.11 Å². The predicted octanol–water partition coefficient (Wildman–Crippen LogP) is 3.55. The Bertz CT molecular complexity index is 2070. The van der Waals surface area contributed by atoms with Gasteiger partial charge in [-0.1, -0.05) is 105 Å². The van der Waals surface area contributed by atoms with E-state index in [4.69, 9.17) is 12.2 Å². The summed E-state index contributed by atoms with van der Waals surface area (Å²) in [4.78, 5) is 43.2. The number of carboxylic acid groups (broad SMARTS) is 3. The smallest absolute Gasteiger partial charge is 0.317 e. The number of unbranched alkanes of at least 4 members (excludes halogenated alkanes) is 7. The average molecular weight is 1210 g/mol. The first-order valence-electron chi connectivity index (χ1n) is 24.0. The van der Waals surface area contributed by atoms with Crippen LogP contribution >= 0.6 is 19.5 Å². The minimum atomic E-state index is -1.77. The first-order chi connectivity index (χ1) is 32.9. The molecule has 1 saturated heterocycles. The number of benzene rings is 4. The van der Waals surface area contributed by atoms with Gasteiger partial charge < -0.3 is 48.0 Å². The van der Waals surface area contributed by atoms with Gasteiger partial charge in [-0.05, 0) is 92.0 Å². The maximum Gasteiger partial charge on any atom is 0.317 e. The number of nitrogens with one attached hydrogen (secondary N) is 2. The second kappa shape index (κ2) is 33.3. The minimum Gasteiger partial charge on any atom is -1.00 e. The number of nitrogens with zero attached hydrogens (tertiary/aromatic N) is 4. The summed E-state index contributed by atoms with van der Waals surface area (Å²) in [7, 11) is -1.77. The molecule has 0 radical (unpaired) electrons. The molecular formula is C53H72BrGdN6O7PS. The van der Waals surface area contributed by atoms with Crippen LogP contribution in [-0.2, 0) is 20.8 Å². The molecule has 1 unspecified atom stereocenters. The van der Waals surface area contributed by atoms with Gasteiger partial charge in [0, 0.05) is 104 Å². The molecule has 1 aliphatic rings. The van der Waals surface area contributed by atoms with Crippen molar-refractivity contribution in [2.75, 3.05) is 90.0 Å². The van der Waals surface area contributed by atoms with Gasteiger partial charge in [-0.2, -0.15) is 0 Å². The Balaban J connectivity index is 0.00000648. The standard InChI is InChI=1S/C53H71N6O7PS.BrH.Gd/c1-43(60)38-56-30-31-57(40-50(61)62)34-35-59(42-52(65)66)46(39-58(33-32-56)41-51(63)64)37-44-25-27-45(28-26-44)55-53(68)54-29-17-6-4-2-3-5-7-18-36-67(47-19-11-8-12-20-47,48-21-13-9-14-22-48)49-23-15-10-16-24-49;;/h8-16,19-28,46H,1-7,17-18,29-42H2,(H5-,54,55,60,61,62,63,64,65,66,68);1H;. The third-order valence-electron chi connectivity index (χ3n) is 12.6. The Morgan fingerprint density at radius 3 is 1.49 bits per heavy atom. The summed E-state index contributed by atoms with van der Waals surface area (Å²) >= 11 is 5.62. The van der Waals surface area contributed by atoms with E-state index in [9.17, 15) is 34.8 Å². The van der Waals surface area contributed by atoms with Crippen molar-refractivity contribution in [3.8, 4) is 0 Å². The van der Waals surface area contributed by atoms with Gasteiger partial charge >= 0.3 is 17.9 Å². The van der Waals surface area contributed by atoms with Crippen molar-refractivity contribution in [3.63, 3.8) is 0 Å². The van der Waals surface area contributed by atoms with Gasteiger partial charge in [0.25, 0.3) is 0 Å². The Morgan fingerprint density at radius 1 is 0.571 bits per heavy atom. The molecule has 382 valence electrons. The molecule has 4 aromatic carbocycles. The second-order valence-corrected chi connectivity index (χ2v) is 21.8. The maximum absolute atomic E-state index is 12.1. The summed E-state index contributed by atoms with van der Waals surface area (Å²) in [6.07, 6.45) is 11.1. The van der Waals surface area contributed by atoms with E-state index in [1.165, 1.54) is 60.6 Å². The molecular weight excluding hydrogens is 1130 g/mol. The largest absolute Gasteiger partial charge is 1.00 e. The minimum absolute atomic E-state index is 0. The fourth-order valence-corrected chi connectivity index (χ4v) is 13.8. The first-order valence-corrected chi connectivity index (χ1v) is 26.4. The van der Waals surface area contributed by atoms with E-state index in [1.54, 1.807) is 9.80 Å². The van der Waals surface area contributed by atoms with Crippen molar-refractivity contribution < 1.29 is 91.7 Å². The number of aliphatic carboxylic acids is 3. The van der Waals surface area contributed by atoms with Crippen molar-refractivity contribution in [1.29, 1.82) is 0 Å². The molecule has 0 aliphatic carbocycles. The quantitative estimate of drug-likeness (QED) is 0.0247. The fourth-order valence-electron chi connectivity index (χ4n) is 9.21. The summed E-state index contributed by atoms with van der Waals surface area (Å²) in [5.41, 5.74) is 1.74. The molecule has 4 aromatic rings. The van der Waals surface area contributed by atoms with E-state index in [1.807, 2.05) is 34.1 Å². The number of hydrogen-bond donors (Lipinski definition) is 6. The van der Waals surface area contributed by atoms with Gasteiger partial charge in [0.05, 0.1) is 38.1 Å². The normalized spacial score (nSPS) is 15.5. The van der Waals surface area contributed by atoms with Crippen LogP contribution in [-0.4, -0.2) is 154 Å². The number of halogens is 1. The van der Waals surface area contributed by atoms with Crippen molar-refractivity contribution in [1.82, 2.24) is 24.9 Å². The Labute approximate surface area is 463 Å². The molecule has 1 heterocycles. The van der Waals surface area contributed by atoms with Gasteiger partial charge in [-0.25, -0.2) is 0 Å². The van der Waals surface area contributed by atoms with Crippen LogP contribution in [0.5, 0.6) is 0 Å². The molecule has 6 N–H and O–H groups in total. The zero-order valence-corrected chi connectivity index (χ0v) is 45.8. The van der Waals surface area contributed by atoms with Gasteiger partial charge in [0.1, 0.15) is 23.2 Å². The van der Waals surface area contributed by atoms with Gasteiger partial charge in [-0.3, -0.25) is 34.0 Å². The SMILES string of the molecule is C=C(O)CN1CCN(CC(=O)O)CCN(CC(=O)O)C(Cc2ccc(NC(=S)NCCCCCCCCCC[P+](c3ccccc3)(c3ccccc3)c3ccccc3)cc2)CN(CC(=O)O)CC1.[Br-].[Gd]. The van der Waals surface area contributed by atoms with E-state index < -0.39 is 31.2 Å². The number of carboxylic acids is 3. The van der Waals surface area contributed by atoms with E-state index in [0.717, 1.165) is 30.6 Å². The van der Waals surface area contributed by atoms with Crippen molar-refractivity contribution in [3.05, 3.63) is 133 Å². The van der Waals surface area contributed by atoms with Crippen molar-refractivity contribution >= 4 is 64.1 Å². The number of carbonyl (C=O) groups is 3. The predicted molar refractivity (Wildman–Crippen MR) is 281 cm³/mol. The Morgan fingerprint density at radius 2 is 1.00 bits per heavy atom. The molecule has 70 heavy (non-hydrogen) atoms. The summed E-state index contributed by atoms with van der Waals surface area (Å²) in [5, 5.41) is 50.8. The van der Waals surface area contributed by atoms with Crippen LogP contribution in [0.25, 0.3) is 0 Å². The fraction of sp³-hybridized carbons (Fsp3) is 0.434. The number of rotatable bonds is 25. The van der Waals surface area contributed by atoms with Crippen molar-refractivity contribution in [2.24, 2.45) is 0 Å². The number of hydrogen-bond acceptors (Lipinski definition) is 9. The van der Waals surface area contributed by atoms with E-state index in [0.29, 0.717) is 44.3 Å². The molecule has 0 aromatic heterocycles. The molecule has 0 amide bonds. The number of thiocarbonyl (C=S) groups is 1. The topological polar surface area (TPSA) is 169 Å². The van der Waals surface area contributed by atoms with E-state index in [-0.39, 0.29) is 102 Å². The van der Waals surface area contributed by atoms with Crippen molar-refractivity contribution in [2.45, 2.75) is 63.8 Å². The van der Waals surface area contributed by atoms with E-state index in [2.05, 4.69) is 108 Å². The molecule has 13 nitrogen and oxygen atoms in total. The third-order valence-corrected chi connectivity index (χ3v) is 17.4. The molecule has 1 fully saturated rings. The summed E-state index contributed by atoms with van der Waals surface area (Å²) < 4.78 is 0. The number of aliphatic hydroxyl groups is 1. The average Bonchev–Trinajstić information content (AvgIpc) is 3.31. The summed E-state index contributed by atoms with van der Waals surface area (Å²) in [6, 6.07) is 40.8. The Hall–Kier alpha value is -3.41. The van der Waals surface area contributed by atoms with Crippen LogP contribution in [0.2, 0.25) is 0 Å². The Kier molecular flexibility index (Phi) is 29.0. The molecule has 0 saturated carbocycles. The summed E-state index contributed by atoms with van der Waals surface area (Å²) in [6.45, 7) is 6.14. The zero-order chi connectivity index (χ0) is 48.6.